The summed E-state index contributed by atoms with van der Waals surface area (Å²) in [4.78, 5) is 0. The maximum atomic E-state index is 12.3. The molecule has 1 saturated carbocycles. The van der Waals surface area contributed by atoms with Gasteiger partial charge in [0.05, 0.1) is 5.56 Å². The zero-order chi connectivity index (χ0) is 19.2. The van der Waals surface area contributed by atoms with Gasteiger partial charge in [0.2, 0.25) is 0 Å². The van der Waals surface area contributed by atoms with Gasteiger partial charge in [-0.25, -0.2) is 0 Å². The number of alkyl halides is 3. The van der Waals surface area contributed by atoms with Crippen molar-refractivity contribution in [3.63, 3.8) is 0 Å². The van der Waals surface area contributed by atoms with E-state index in [0.29, 0.717) is 13.1 Å². The van der Waals surface area contributed by atoms with Crippen LogP contribution >= 0.6 is 0 Å². The zero-order valence-electron chi connectivity index (χ0n) is 14.1. The lowest BCUT2D eigenvalue weighted by Crippen LogP contribution is -2.50. The van der Waals surface area contributed by atoms with E-state index in [-0.39, 0.29) is 17.9 Å². The van der Waals surface area contributed by atoms with E-state index in [2.05, 4.69) is 10.0 Å². The molecule has 0 unspecified atom stereocenters. The molecule has 1 saturated heterocycles. The third-order valence-electron chi connectivity index (χ3n) is 4.13. The second-order valence-corrected chi connectivity index (χ2v) is 7.54. The molecule has 2 fully saturated rings. The average molecular weight is 396 g/mol. The number of nitrogens with one attached hydrogen (secondary N) is 2. The molecule has 1 aliphatic heterocycles. The van der Waals surface area contributed by atoms with E-state index in [4.69, 9.17) is 9.29 Å². The largest absolute Gasteiger partial charge is 0.488 e. The first-order chi connectivity index (χ1) is 12.1. The first-order valence-corrected chi connectivity index (χ1v) is 9.87. The van der Waals surface area contributed by atoms with Crippen molar-refractivity contribution in [3.05, 3.63) is 29.8 Å². The van der Waals surface area contributed by atoms with Crippen LogP contribution in [0.5, 0.6) is 5.75 Å². The van der Waals surface area contributed by atoms with Crippen molar-refractivity contribution in [1.82, 2.24) is 10.0 Å². The molecule has 0 bridgehead atoms. The minimum atomic E-state index is -4.31. The van der Waals surface area contributed by atoms with Gasteiger partial charge in [0.1, 0.15) is 11.9 Å². The molecule has 1 heterocycles. The summed E-state index contributed by atoms with van der Waals surface area (Å²) in [5.41, 5.74) is -0.674. The van der Waals surface area contributed by atoms with Crippen LogP contribution in [0.25, 0.3) is 0 Å². The molecule has 1 aromatic rings. The molecule has 26 heavy (non-hydrogen) atoms. The van der Waals surface area contributed by atoms with E-state index in [9.17, 15) is 21.6 Å². The van der Waals surface area contributed by atoms with Crippen LogP contribution in [0.3, 0.4) is 0 Å². The Morgan fingerprint density at radius 1 is 1.15 bits per heavy atom. The number of benzene rings is 1. The fourth-order valence-corrected chi connectivity index (χ4v) is 3.37. The summed E-state index contributed by atoms with van der Waals surface area (Å²) in [5, 5.41) is 2.98. The fourth-order valence-electron chi connectivity index (χ4n) is 2.71. The van der Waals surface area contributed by atoms with Gasteiger partial charge in [-0.1, -0.05) is 25.3 Å². The molecule has 2 aliphatic rings. The van der Waals surface area contributed by atoms with Gasteiger partial charge in [-0.05, 0) is 31.0 Å². The molecule has 0 radical (unpaired) electrons. The molecule has 1 aliphatic carbocycles. The Morgan fingerprint density at radius 2 is 1.81 bits per heavy atom. The van der Waals surface area contributed by atoms with E-state index in [1.54, 1.807) is 0 Å². The third kappa shape index (κ3) is 7.48. The van der Waals surface area contributed by atoms with Crippen LogP contribution in [-0.2, 0) is 16.5 Å². The quantitative estimate of drug-likeness (QED) is 0.682. The second kappa shape index (κ2) is 9.03. The highest BCUT2D eigenvalue weighted by atomic mass is 32.2. The van der Waals surface area contributed by atoms with Crippen LogP contribution < -0.4 is 14.8 Å². The normalized spacial score (nSPS) is 19.2. The lowest BCUT2D eigenvalue weighted by Gasteiger charge is -2.28. The lowest BCUT2D eigenvalue weighted by molar-refractivity contribution is -0.137. The molecule has 148 valence electrons. The van der Waals surface area contributed by atoms with Crippen LogP contribution in [0.4, 0.5) is 13.2 Å². The summed E-state index contributed by atoms with van der Waals surface area (Å²) < 4.78 is 73.6. The first-order valence-electron chi connectivity index (χ1n) is 8.43. The zero-order valence-corrected chi connectivity index (χ0v) is 14.9. The molecule has 3 N–H and O–H groups in total. The number of halogens is 3. The van der Waals surface area contributed by atoms with Gasteiger partial charge in [0.15, 0.2) is 0 Å². The summed E-state index contributed by atoms with van der Waals surface area (Å²) >= 11 is 0. The third-order valence-corrected chi connectivity index (χ3v) is 4.76. The van der Waals surface area contributed by atoms with Crippen LogP contribution in [-0.4, -0.2) is 38.2 Å². The molecular weight excluding hydrogens is 373 g/mol. The minimum absolute atomic E-state index is 0.00603. The second-order valence-electron chi connectivity index (χ2n) is 6.35. The fraction of sp³-hybridized carbons (Fsp3) is 0.625. The Bertz CT molecular complexity index is 672. The minimum Gasteiger partial charge on any atom is -0.488 e. The molecule has 6 nitrogen and oxygen atoms in total. The Hall–Kier alpha value is -1.36. The van der Waals surface area contributed by atoms with Gasteiger partial charge < -0.3 is 10.1 Å². The van der Waals surface area contributed by atoms with Crippen molar-refractivity contribution < 1.29 is 30.9 Å². The Balaban J connectivity index is 0.000000197. The molecule has 0 spiro atoms. The lowest BCUT2D eigenvalue weighted by atomic mass is 9.96. The van der Waals surface area contributed by atoms with E-state index in [0.717, 1.165) is 37.8 Å². The van der Waals surface area contributed by atoms with Crippen LogP contribution in [0, 0.1) is 0 Å². The van der Waals surface area contributed by atoms with E-state index in [1.165, 1.54) is 18.6 Å². The van der Waals surface area contributed by atoms with Gasteiger partial charge >= 0.3 is 16.5 Å². The first kappa shape index (κ1) is 20.9. The van der Waals surface area contributed by atoms with Gasteiger partial charge in [0.25, 0.3) is 0 Å². The monoisotopic (exact) mass is 396 g/mol. The van der Waals surface area contributed by atoms with Gasteiger partial charge in [-0.3, -0.25) is 4.55 Å². The maximum Gasteiger partial charge on any atom is 0.416 e. The predicted molar refractivity (Wildman–Crippen MR) is 90.3 cm³/mol. The predicted octanol–water partition coefficient (Wildman–Crippen LogP) is 2.77. The Kier molecular flexibility index (Phi) is 7.27. The van der Waals surface area contributed by atoms with Crippen molar-refractivity contribution >= 4 is 10.3 Å². The molecule has 0 aromatic heterocycles. The molecule has 10 heteroatoms. The molecule has 0 atom stereocenters. The van der Waals surface area contributed by atoms with E-state index >= 15 is 0 Å². The summed E-state index contributed by atoms with van der Waals surface area (Å²) in [7, 11) is -3.97. The molecule has 1 aromatic carbocycles. The Labute approximate surface area is 151 Å². The molecule has 3 rings (SSSR count). The van der Waals surface area contributed by atoms with E-state index < -0.39 is 22.0 Å². The maximum absolute atomic E-state index is 12.3. The highest BCUT2D eigenvalue weighted by Crippen LogP contribution is 2.31. The highest BCUT2D eigenvalue weighted by Gasteiger charge is 2.31. The SMILES string of the molecule is FC(F)(F)c1cccc(OC2CNC2)c1.O=S(=O)(O)NC1CCCCC1. The van der Waals surface area contributed by atoms with Gasteiger partial charge in [0, 0.05) is 19.1 Å². The van der Waals surface area contributed by atoms with Gasteiger partial charge in [-0.15, -0.1) is 0 Å². The smallest absolute Gasteiger partial charge is 0.416 e. The van der Waals surface area contributed by atoms with Crippen molar-refractivity contribution in [2.45, 2.75) is 50.4 Å². The van der Waals surface area contributed by atoms with Crippen molar-refractivity contribution in [2.24, 2.45) is 0 Å². The highest BCUT2D eigenvalue weighted by molar-refractivity contribution is 7.83. The summed E-state index contributed by atoms with van der Waals surface area (Å²) in [5.74, 6) is 0.274. The summed E-state index contributed by atoms with van der Waals surface area (Å²) in [6, 6.07) is 4.90. The molecule has 0 amide bonds. The standard InChI is InChI=1S/C10H10F3NO.C6H13NO3S/c11-10(12,13)7-2-1-3-8(4-7)15-9-5-14-6-9;8-11(9,10)7-6-4-2-1-3-5-6/h1-4,9,14H,5-6H2;6-7H,1-5H2,(H,8,9,10). The summed E-state index contributed by atoms with van der Waals surface area (Å²) in [6.07, 6.45) is 0.648. The number of hydrogen-bond acceptors (Lipinski definition) is 4. The Morgan fingerprint density at radius 3 is 2.31 bits per heavy atom. The van der Waals surface area contributed by atoms with Gasteiger partial charge in [-0.2, -0.15) is 26.3 Å². The average Bonchev–Trinajstić information content (AvgIpc) is 2.50. The van der Waals surface area contributed by atoms with E-state index in [1.807, 2.05) is 0 Å². The van der Waals surface area contributed by atoms with Crippen LogP contribution in [0.1, 0.15) is 37.7 Å². The number of ether oxygens (including phenoxy) is 1. The van der Waals surface area contributed by atoms with Crippen LogP contribution in [0.2, 0.25) is 0 Å². The van der Waals surface area contributed by atoms with Crippen molar-refractivity contribution in [3.8, 4) is 5.75 Å². The summed E-state index contributed by atoms with van der Waals surface area (Å²) in [6.45, 7) is 1.38. The number of hydrogen-bond donors (Lipinski definition) is 3. The van der Waals surface area contributed by atoms with Crippen LogP contribution in [0.15, 0.2) is 24.3 Å². The molecular formula is C16H23F3N2O4S. The van der Waals surface area contributed by atoms with Crippen molar-refractivity contribution in [2.75, 3.05) is 13.1 Å². The topological polar surface area (TPSA) is 87.7 Å². The van der Waals surface area contributed by atoms with Crippen molar-refractivity contribution in [1.29, 1.82) is 0 Å². The number of rotatable bonds is 4.